The highest BCUT2D eigenvalue weighted by Gasteiger charge is 2.37. The molecule has 0 aromatic rings. The van der Waals surface area contributed by atoms with Gasteiger partial charge in [0.15, 0.2) is 0 Å². The van der Waals surface area contributed by atoms with Crippen molar-refractivity contribution in [1.82, 2.24) is 0 Å². The molecule has 0 amide bonds. The van der Waals surface area contributed by atoms with Crippen LogP contribution < -0.4 is 5.73 Å². The zero-order valence-electron chi connectivity index (χ0n) is 4.96. The molecule has 2 N–H and O–H groups in total. The van der Waals surface area contributed by atoms with Gasteiger partial charge in [0.05, 0.1) is 6.04 Å². The largest absolute Gasteiger partial charge is 0.324 e. The molecule has 0 aromatic heterocycles. The Kier molecular flexibility index (Phi) is 1.95. The fourth-order valence-electron chi connectivity index (χ4n) is 0.261. The molecule has 0 radical (unpaired) electrons. The Morgan fingerprint density at radius 3 is 1.88 bits per heavy atom. The maximum atomic E-state index is 5.44. The Balaban J connectivity index is 0.000000490. The van der Waals surface area contributed by atoms with Crippen molar-refractivity contribution in [2.75, 3.05) is 0 Å². The van der Waals surface area contributed by atoms with E-state index in [2.05, 4.69) is 10.2 Å². The summed E-state index contributed by atoms with van der Waals surface area (Å²) in [5.74, 6) is 0. The van der Waals surface area contributed by atoms with Crippen molar-refractivity contribution in [3.05, 3.63) is 0 Å². The molecule has 3 nitrogen and oxygen atoms in total. The average Bonchev–Trinajstić information content (AvgIpc) is 2.21. The van der Waals surface area contributed by atoms with E-state index < -0.39 is 0 Å². The first kappa shape index (κ1) is 7.85. The van der Waals surface area contributed by atoms with Crippen LogP contribution in [0.15, 0.2) is 10.2 Å². The standard InChI is InChI=1S/C4H9N3.ClH/c1-3(5)4(2)6-7-4;/h3H,5H2,1-2H3;1H. The van der Waals surface area contributed by atoms with E-state index in [1.165, 1.54) is 0 Å². The molecule has 0 aromatic carbocycles. The predicted octanol–water partition coefficient (Wildman–Crippen LogP) is 0.937. The van der Waals surface area contributed by atoms with E-state index in [1.807, 2.05) is 13.8 Å². The Morgan fingerprint density at radius 2 is 1.88 bits per heavy atom. The predicted molar refractivity (Wildman–Crippen MR) is 34.2 cm³/mol. The summed E-state index contributed by atoms with van der Waals surface area (Å²) in [4.78, 5) is 0. The number of nitrogens with zero attached hydrogens (tertiary/aromatic N) is 2. The van der Waals surface area contributed by atoms with Crippen LogP contribution in [0.25, 0.3) is 0 Å². The molecule has 1 rings (SSSR count). The quantitative estimate of drug-likeness (QED) is 0.572. The number of hydrogen-bond donors (Lipinski definition) is 1. The van der Waals surface area contributed by atoms with Crippen LogP contribution in [0.5, 0.6) is 0 Å². The summed E-state index contributed by atoms with van der Waals surface area (Å²) in [5.41, 5.74) is 5.22. The van der Waals surface area contributed by atoms with Crippen LogP contribution in [-0.2, 0) is 0 Å². The van der Waals surface area contributed by atoms with Crippen LogP contribution in [0.2, 0.25) is 0 Å². The molecule has 0 saturated heterocycles. The molecule has 0 fully saturated rings. The van der Waals surface area contributed by atoms with Crippen LogP contribution in [0.4, 0.5) is 0 Å². The van der Waals surface area contributed by atoms with Gasteiger partial charge < -0.3 is 5.73 Å². The monoisotopic (exact) mass is 135 g/mol. The van der Waals surface area contributed by atoms with E-state index in [0.717, 1.165) is 0 Å². The van der Waals surface area contributed by atoms with Crippen LogP contribution in [0.3, 0.4) is 0 Å². The maximum absolute atomic E-state index is 5.44. The molecule has 4 heteroatoms. The van der Waals surface area contributed by atoms with Gasteiger partial charge in [-0.05, 0) is 13.8 Å². The molecule has 48 valence electrons. The van der Waals surface area contributed by atoms with Crippen molar-refractivity contribution >= 4 is 12.4 Å². The maximum Gasteiger partial charge on any atom is 0.202 e. The molecular weight excluding hydrogens is 126 g/mol. The highest BCUT2D eigenvalue weighted by atomic mass is 35.5. The molecule has 1 unspecified atom stereocenters. The Hall–Kier alpha value is -0.150. The van der Waals surface area contributed by atoms with Crippen LogP contribution in [0, 0.1) is 0 Å². The fraction of sp³-hybridized carbons (Fsp3) is 1.00. The van der Waals surface area contributed by atoms with Crippen LogP contribution in [0.1, 0.15) is 13.8 Å². The number of rotatable bonds is 1. The molecule has 1 aliphatic rings. The first-order valence-electron chi connectivity index (χ1n) is 2.35. The van der Waals surface area contributed by atoms with Crippen molar-refractivity contribution < 1.29 is 0 Å². The Morgan fingerprint density at radius 1 is 1.50 bits per heavy atom. The number of halogens is 1. The summed E-state index contributed by atoms with van der Waals surface area (Å²) in [6.07, 6.45) is 0. The fourth-order valence-corrected chi connectivity index (χ4v) is 0.261. The second-order valence-corrected chi connectivity index (χ2v) is 2.08. The van der Waals surface area contributed by atoms with Gasteiger partial charge in [0.2, 0.25) is 5.66 Å². The summed E-state index contributed by atoms with van der Waals surface area (Å²) in [7, 11) is 0. The molecule has 1 atom stereocenters. The summed E-state index contributed by atoms with van der Waals surface area (Å²) < 4.78 is 0. The zero-order valence-corrected chi connectivity index (χ0v) is 5.77. The lowest BCUT2D eigenvalue weighted by Gasteiger charge is -2.04. The highest BCUT2D eigenvalue weighted by molar-refractivity contribution is 5.85. The van der Waals surface area contributed by atoms with Crippen LogP contribution >= 0.6 is 12.4 Å². The molecule has 0 saturated carbocycles. The third-order valence-corrected chi connectivity index (χ3v) is 1.28. The van der Waals surface area contributed by atoms with E-state index in [9.17, 15) is 0 Å². The van der Waals surface area contributed by atoms with Gasteiger partial charge in [-0.25, -0.2) is 0 Å². The summed E-state index contributed by atoms with van der Waals surface area (Å²) in [6.45, 7) is 3.82. The van der Waals surface area contributed by atoms with Gasteiger partial charge >= 0.3 is 0 Å². The summed E-state index contributed by atoms with van der Waals surface area (Å²) in [6, 6.07) is 0.0764. The minimum atomic E-state index is -0.222. The van der Waals surface area contributed by atoms with Gasteiger partial charge in [-0.1, -0.05) is 0 Å². The smallest absolute Gasteiger partial charge is 0.202 e. The first-order valence-corrected chi connectivity index (χ1v) is 2.35. The van der Waals surface area contributed by atoms with Crippen LogP contribution in [-0.4, -0.2) is 11.7 Å². The van der Waals surface area contributed by atoms with Gasteiger partial charge in [0.1, 0.15) is 0 Å². The van der Waals surface area contributed by atoms with E-state index in [4.69, 9.17) is 5.73 Å². The average molecular weight is 136 g/mol. The van der Waals surface area contributed by atoms with Gasteiger partial charge in [-0.15, -0.1) is 12.4 Å². The lowest BCUT2D eigenvalue weighted by atomic mass is 10.1. The normalized spacial score (nSPS) is 23.9. The van der Waals surface area contributed by atoms with Gasteiger partial charge in [-0.2, -0.15) is 10.2 Å². The Bertz CT molecular complexity index is 104. The van der Waals surface area contributed by atoms with Crippen molar-refractivity contribution in [3.63, 3.8) is 0 Å². The van der Waals surface area contributed by atoms with E-state index in [-0.39, 0.29) is 24.1 Å². The highest BCUT2D eigenvalue weighted by Crippen LogP contribution is 2.28. The lowest BCUT2D eigenvalue weighted by molar-refractivity contribution is 0.542. The van der Waals surface area contributed by atoms with Gasteiger partial charge in [0, 0.05) is 0 Å². The minimum Gasteiger partial charge on any atom is -0.324 e. The second kappa shape index (κ2) is 1.99. The minimum absolute atomic E-state index is 0. The van der Waals surface area contributed by atoms with E-state index >= 15 is 0 Å². The zero-order chi connectivity index (χ0) is 5.49. The van der Waals surface area contributed by atoms with Crippen molar-refractivity contribution in [1.29, 1.82) is 0 Å². The first-order chi connectivity index (χ1) is 3.15. The van der Waals surface area contributed by atoms with E-state index in [1.54, 1.807) is 0 Å². The van der Waals surface area contributed by atoms with Crippen molar-refractivity contribution in [2.45, 2.75) is 25.6 Å². The lowest BCUT2D eigenvalue weighted by Crippen LogP contribution is -2.31. The Labute approximate surface area is 54.8 Å². The molecule has 1 aliphatic heterocycles. The third kappa shape index (κ3) is 1.17. The third-order valence-electron chi connectivity index (χ3n) is 1.28. The molecular formula is C4H10ClN3. The topological polar surface area (TPSA) is 50.7 Å². The summed E-state index contributed by atoms with van der Waals surface area (Å²) >= 11 is 0. The van der Waals surface area contributed by atoms with Crippen molar-refractivity contribution in [2.24, 2.45) is 16.0 Å². The van der Waals surface area contributed by atoms with E-state index in [0.29, 0.717) is 0 Å². The molecule has 0 bridgehead atoms. The van der Waals surface area contributed by atoms with Gasteiger partial charge in [0.25, 0.3) is 0 Å². The number of nitrogens with two attached hydrogens (primary N) is 1. The SMILES string of the molecule is CC(N)C1(C)N=N1.Cl. The van der Waals surface area contributed by atoms with Crippen molar-refractivity contribution in [3.8, 4) is 0 Å². The second-order valence-electron chi connectivity index (χ2n) is 2.08. The molecule has 0 spiro atoms. The summed E-state index contributed by atoms with van der Waals surface area (Å²) in [5, 5.41) is 7.47. The molecule has 1 heterocycles. The van der Waals surface area contributed by atoms with Gasteiger partial charge in [-0.3, -0.25) is 0 Å². The molecule has 0 aliphatic carbocycles. The molecule has 8 heavy (non-hydrogen) atoms. The number of hydrogen-bond acceptors (Lipinski definition) is 3.